The van der Waals surface area contributed by atoms with Gasteiger partial charge in [-0.25, -0.2) is 0 Å². The molecule has 1 aliphatic rings. The van der Waals surface area contributed by atoms with E-state index >= 15 is 0 Å². The molecule has 1 fully saturated rings. The lowest BCUT2D eigenvalue weighted by Crippen LogP contribution is -2.42. The Labute approximate surface area is 70.5 Å². The Morgan fingerprint density at radius 2 is 2.36 bits per heavy atom. The van der Waals surface area contributed by atoms with Crippen molar-refractivity contribution in [1.82, 2.24) is 5.32 Å². The summed E-state index contributed by atoms with van der Waals surface area (Å²) in [5.41, 5.74) is 0. The van der Waals surface area contributed by atoms with Gasteiger partial charge in [-0.1, -0.05) is 0 Å². The summed E-state index contributed by atoms with van der Waals surface area (Å²) in [5, 5.41) is 3.71. The maximum atomic E-state index is 5.62. The van der Waals surface area contributed by atoms with E-state index in [0.29, 0.717) is 5.22 Å². The van der Waals surface area contributed by atoms with Crippen LogP contribution in [-0.2, 0) is 6.42 Å². The molecule has 1 aromatic heterocycles. The first-order chi connectivity index (χ1) is 5.34. The third kappa shape index (κ3) is 1.57. The summed E-state index contributed by atoms with van der Waals surface area (Å²) >= 11 is 5.62. The molecule has 0 aliphatic carbocycles. The van der Waals surface area contributed by atoms with Gasteiger partial charge in [0.05, 0.1) is 0 Å². The molecule has 1 aliphatic heterocycles. The van der Waals surface area contributed by atoms with E-state index in [4.69, 9.17) is 16.0 Å². The summed E-state index contributed by atoms with van der Waals surface area (Å²) in [4.78, 5) is 0. The van der Waals surface area contributed by atoms with Crippen LogP contribution >= 0.6 is 11.6 Å². The minimum atomic E-state index is 0.493. The van der Waals surface area contributed by atoms with Crippen LogP contribution in [0.2, 0.25) is 5.22 Å². The fourth-order valence-electron chi connectivity index (χ4n) is 1.24. The lowest BCUT2D eigenvalue weighted by atomic mass is 9.98. The molecule has 0 spiro atoms. The zero-order chi connectivity index (χ0) is 7.68. The van der Waals surface area contributed by atoms with Gasteiger partial charge < -0.3 is 9.73 Å². The Kier molecular flexibility index (Phi) is 1.88. The van der Waals surface area contributed by atoms with Crippen molar-refractivity contribution < 1.29 is 4.42 Å². The molecule has 1 aromatic rings. The van der Waals surface area contributed by atoms with E-state index in [9.17, 15) is 0 Å². The molecule has 0 aromatic carbocycles. The Morgan fingerprint density at radius 1 is 1.55 bits per heavy atom. The van der Waals surface area contributed by atoms with Crippen LogP contribution < -0.4 is 5.32 Å². The molecular formula is C8H10ClNO. The lowest BCUT2D eigenvalue weighted by molar-refractivity contribution is 0.323. The number of halogens is 1. The van der Waals surface area contributed by atoms with E-state index < -0.39 is 0 Å². The Bertz CT molecular complexity index is 242. The van der Waals surface area contributed by atoms with Gasteiger partial charge in [-0.05, 0) is 42.7 Å². The van der Waals surface area contributed by atoms with Gasteiger partial charge in [-0.3, -0.25) is 0 Å². The van der Waals surface area contributed by atoms with Gasteiger partial charge in [0, 0.05) is 6.42 Å². The van der Waals surface area contributed by atoms with Gasteiger partial charge in [0.2, 0.25) is 0 Å². The Hall–Kier alpha value is -0.470. The van der Waals surface area contributed by atoms with E-state index in [2.05, 4.69) is 5.32 Å². The average Bonchev–Trinajstić information content (AvgIpc) is 2.27. The molecule has 1 saturated heterocycles. The topological polar surface area (TPSA) is 25.2 Å². The van der Waals surface area contributed by atoms with Gasteiger partial charge in [0.25, 0.3) is 0 Å². The predicted molar refractivity (Wildman–Crippen MR) is 43.8 cm³/mol. The SMILES string of the molecule is Clc1ccc(CC2CNC2)o1. The van der Waals surface area contributed by atoms with Gasteiger partial charge in [-0.2, -0.15) is 0 Å². The van der Waals surface area contributed by atoms with Crippen LogP contribution in [0.3, 0.4) is 0 Å². The molecular weight excluding hydrogens is 162 g/mol. The Morgan fingerprint density at radius 3 is 2.82 bits per heavy atom. The highest BCUT2D eigenvalue weighted by Gasteiger charge is 2.18. The molecule has 2 heterocycles. The summed E-state index contributed by atoms with van der Waals surface area (Å²) in [7, 11) is 0. The minimum Gasteiger partial charge on any atom is -0.450 e. The third-order valence-electron chi connectivity index (χ3n) is 1.98. The first-order valence-corrected chi connectivity index (χ1v) is 4.17. The van der Waals surface area contributed by atoms with Crippen molar-refractivity contribution in [3.05, 3.63) is 23.1 Å². The molecule has 0 radical (unpaired) electrons. The number of nitrogens with one attached hydrogen (secondary N) is 1. The molecule has 2 nitrogen and oxygen atoms in total. The predicted octanol–water partition coefficient (Wildman–Crippen LogP) is 1.69. The molecule has 0 amide bonds. The highest BCUT2D eigenvalue weighted by molar-refractivity contribution is 6.28. The molecule has 0 saturated carbocycles. The van der Waals surface area contributed by atoms with Crippen molar-refractivity contribution in [2.75, 3.05) is 13.1 Å². The zero-order valence-corrected chi connectivity index (χ0v) is 6.90. The lowest BCUT2D eigenvalue weighted by Gasteiger charge is -2.25. The minimum absolute atomic E-state index is 0.493. The number of furan rings is 1. The summed E-state index contributed by atoms with van der Waals surface area (Å²) in [5.74, 6) is 1.75. The largest absolute Gasteiger partial charge is 0.450 e. The maximum Gasteiger partial charge on any atom is 0.193 e. The smallest absolute Gasteiger partial charge is 0.193 e. The van der Waals surface area contributed by atoms with Gasteiger partial charge in [0.15, 0.2) is 5.22 Å². The van der Waals surface area contributed by atoms with E-state index in [-0.39, 0.29) is 0 Å². The molecule has 2 rings (SSSR count). The summed E-state index contributed by atoms with van der Waals surface area (Å²) in [6.07, 6.45) is 1.01. The van der Waals surface area contributed by atoms with Crippen LogP contribution in [0.1, 0.15) is 5.76 Å². The van der Waals surface area contributed by atoms with E-state index in [0.717, 1.165) is 31.2 Å². The standard InChI is InChI=1S/C8H10ClNO/c9-8-2-1-7(11-8)3-6-4-10-5-6/h1-2,6,10H,3-5H2. The highest BCUT2D eigenvalue weighted by Crippen LogP contribution is 2.18. The van der Waals surface area contributed by atoms with Crippen LogP contribution in [0.25, 0.3) is 0 Å². The quantitative estimate of drug-likeness (QED) is 0.733. The van der Waals surface area contributed by atoms with Crippen molar-refractivity contribution in [3.8, 4) is 0 Å². The van der Waals surface area contributed by atoms with Crippen molar-refractivity contribution in [2.45, 2.75) is 6.42 Å². The van der Waals surface area contributed by atoms with Crippen LogP contribution in [-0.4, -0.2) is 13.1 Å². The number of hydrogen-bond acceptors (Lipinski definition) is 2. The second-order valence-corrected chi connectivity index (χ2v) is 3.31. The molecule has 3 heteroatoms. The molecule has 60 valence electrons. The van der Waals surface area contributed by atoms with Crippen LogP contribution in [0.4, 0.5) is 0 Å². The first kappa shape index (κ1) is 7.19. The third-order valence-corrected chi connectivity index (χ3v) is 2.19. The fraction of sp³-hybridized carbons (Fsp3) is 0.500. The monoisotopic (exact) mass is 171 g/mol. The highest BCUT2D eigenvalue weighted by atomic mass is 35.5. The molecule has 0 unspecified atom stereocenters. The molecule has 11 heavy (non-hydrogen) atoms. The fourth-order valence-corrected chi connectivity index (χ4v) is 1.40. The van der Waals surface area contributed by atoms with Gasteiger partial charge >= 0.3 is 0 Å². The van der Waals surface area contributed by atoms with Crippen LogP contribution in [0.15, 0.2) is 16.5 Å². The van der Waals surface area contributed by atoms with E-state index in [1.165, 1.54) is 0 Å². The summed E-state index contributed by atoms with van der Waals surface area (Å²) in [6, 6.07) is 3.74. The van der Waals surface area contributed by atoms with Crippen LogP contribution in [0, 0.1) is 5.92 Å². The second-order valence-electron chi connectivity index (χ2n) is 2.93. The summed E-state index contributed by atoms with van der Waals surface area (Å²) < 4.78 is 5.23. The van der Waals surface area contributed by atoms with Crippen molar-refractivity contribution >= 4 is 11.6 Å². The van der Waals surface area contributed by atoms with Crippen molar-refractivity contribution in [2.24, 2.45) is 5.92 Å². The van der Waals surface area contributed by atoms with E-state index in [1.807, 2.05) is 6.07 Å². The zero-order valence-electron chi connectivity index (χ0n) is 6.14. The van der Waals surface area contributed by atoms with Gasteiger partial charge in [0.1, 0.15) is 5.76 Å². The van der Waals surface area contributed by atoms with Crippen molar-refractivity contribution in [3.63, 3.8) is 0 Å². The van der Waals surface area contributed by atoms with Crippen LogP contribution in [0.5, 0.6) is 0 Å². The average molecular weight is 172 g/mol. The number of rotatable bonds is 2. The first-order valence-electron chi connectivity index (χ1n) is 3.79. The summed E-state index contributed by atoms with van der Waals surface area (Å²) in [6.45, 7) is 2.22. The second kappa shape index (κ2) is 2.88. The van der Waals surface area contributed by atoms with Crippen molar-refractivity contribution in [1.29, 1.82) is 0 Å². The number of hydrogen-bond donors (Lipinski definition) is 1. The molecule has 1 N–H and O–H groups in total. The normalized spacial score (nSPS) is 18.3. The van der Waals surface area contributed by atoms with E-state index in [1.54, 1.807) is 6.07 Å². The Balaban J connectivity index is 1.95. The molecule has 0 bridgehead atoms. The molecule has 0 atom stereocenters. The maximum absolute atomic E-state index is 5.62. The van der Waals surface area contributed by atoms with Gasteiger partial charge in [-0.15, -0.1) is 0 Å².